The maximum atomic E-state index is 9.64. The number of methoxy groups -OCH3 is 1. The van der Waals surface area contributed by atoms with Gasteiger partial charge in [-0.15, -0.1) is 0 Å². The smallest absolute Gasteiger partial charge is 0.160 e. The molecule has 4 heteroatoms. The van der Waals surface area contributed by atoms with E-state index in [1.54, 1.807) is 13.2 Å². The molecule has 0 radical (unpaired) electrons. The molecule has 2 aromatic rings. The van der Waals surface area contributed by atoms with Crippen LogP contribution in [0.15, 0.2) is 36.5 Å². The number of phenolic OH excluding ortho intramolecular Hbond substituents is 1. The van der Waals surface area contributed by atoms with Crippen molar-refractivity contribution in [3.05, 3.63) is 53.3 Å². The maximum absolute atomic E-state index is 9.64. The van der Waals surface area contributed by atoms with Crippen LogP contribution in [-0.4, -0.2) is 17.2 Å². The topological polar surface area (TPSA) is 54.4 Å². The lowest BCUT2D eigenvalue weighted by atomic mass is 10.1. The second-order valence-electron chi connectivity index (χ2n) is 5.00. The zero-order valence-corrected chi connectivity index (χ0v) is 12.8. The molecule has 0 aliphatic carbocycles. The first kappa shape index (κ1) is 15.3. The number of ether oxygens (including phenoxy) is 1. The van der Waals surface area contributed by atoms with Crippen molar-refractivity contribution in [2.24, 2.45) is 0 Å². The van der Waals surface area contributed by atoms with E-state index in [0.717, 1.165) is 17.7 Å². The Morgan fingerprint density at radius 1 is 1.33 bits per heavy atom. The Hall–Kier alpha value is -2.07. The van der Waals surface area contributed by atoms with Crippen LogP contribution >= 0.6 is 0 Å². The van der Waals surface area contributed by atoms with Crippen molar-refractivity contribution in [3.8, 4) is 11.5 Å². The molecule has 21 heavy (non-hydrogen) atoms. The predicted octanol–water partition coefficient (Wildman–Crippen LogP) is 3.21. The van der Waals surface area contributed by atoms with Gasteiger partial charge in [-0.3, -0.25) is 4.98 Å². The first-order valence-electron chi connectivity index (χ1n) is 7.18. The number of nitrogens with one attached hydrogen (secondary N) is 1. The SMILES string of the molecule is CCc1cccnc1CNC(C)c1ccc(O)c(OC)c1. The average Bonchev–Trinajstić information content (AvgIpc) is 2.53. The van der Waals surface area contributed by atoms with E-state index >= 15 is 0 Å². The molecule has 0 spiro atoms. The van der Waals surface area contributed by atoms with Crippen LogP contribution in [-0.2, 0) is 13.0 Å². The zero-order valence-electron chi connectivity index (χ0n) is 12.8. The fourth-order valence-corrected chi connectivity index (χ4v) is 2.28. The van der Waals surface area contributed by atoms with Gasteiger partial charge < -0.3 is 15.2 Å². The van der Waals surface area contributed by atoms with Gasteiger partial charge in [-0.1, -0.05) is 19.1 Å². The summed E-state index contributed by atoms with van der Waals surface area (Å²) >= 11 is 0. The Balaban J connectivity index is 2.06. The Bertz CT molecular complexity index is 599. The van der Waals surface area contributed by atoms with Crippen molar-refractivity contribution >= 4 is 0 Å². The molecule has 112 valence electrons. The number of aryl methyl sites for hydroxylation is 1. The predicted molar refractivity (Wildman–Crippen MR) is 83.5 cm³/mol. The van der Waals surface area contributed by atoms with E-state index in [9.17, 15) is 5.11 Å². The van der Waals surface area contributed by atoms with Gasteiger partial charge in [0.25, 0.3) is 0 Å². The van der Waals surface area contributed by atoms with Crippen molar-refractivity contribution in [1.29, 1.82) is 0 Å². The number of hydrogen-bond donors (Lipinski definition) is 2. The highest BCUT2D eigenvalue weighted by molar-refractivity contribution is 5.42. The van der Waals surface area contributed by atoms with Gasteiger partial charge >= 0.3 is 0 Å². The second-order valence-corrected chi connectivity index (χ2v) is 5.00. The van der Waals surface area contributed by atoms with Gasteiger partial charge in [-0.2, -0.15) is 0 Å². The number of phenols is 1. The lowest BCUT2D eigenvalue weighted by Crippen LogP contribution is -2.19. The van der Waals surface area contributed by atoms with Crippen molar-refractivity contribution in [2.45, 2.75) is 32.9 Å². The summed E-state index contributed by atoms with van der Waals surface area (Å²) < 4.78 is 5.14. The van der Waals surface area contributed by atoms with E-state index < -0.39 is 0 Å². The van der Waals surface area contributed by atoms with Gasteiger partial charge in [0.15, 0.2) is 11.5 Å². The normalized spacial score (nSPS) is 12.1. The molecular weight excluding hydrogens is 264 g/mol. The van der Waals surface area contributed by atoms with Gasteiger partial charge in [0.2, 0.25) is 0 Å². The summed E-state index contributed by atoms with van der Waals surface area (Å²) in [6, 6.07) is 9.63. The quantitative estimate of drug-likeness (QED) is 0.856. The summed E-state index contributed by atoms with van der Waals surface area (Å²) in [6.45, 7) is 4.93. The number of benzene rings is 1. The molecule has 0 saturated heterocycles. The standard InChI is InChI=1S/C17H22N2O2/c1-4-13-6-5-9-18-15(13)11-19-12(2)14-7-8-16(20)17(10-14)21-3/h5-10,12,19-20H,4,11H2,1-3H3. The van der Waals surface area contributed by atoms with E-state index in [0.29, 0.717) is 12.3 Å². The molecule has 4 nitrogen and oxygen atoms in total. The van der Waals surface area contributed by atoms with E-state index in [-0.39, 0.29) is 11.8 Å². The molecule has 0 bridgehead atoms. The third-order valence-corrected chi connectivity index (χ3v) is 3.64. The second kappa shape index (κ2) is 7.09. The van der Waals surface area contributed by atoms with Gasteiger partial charge in [-0.25, -0.2) is 0 Å². The maximum Gasteiger partial charge on any atom is 0.160 e. The third kappa shape index (κ3) is 3.73. The summed E-state index contributed by atoms with van der Waals surface area (Å²) in [5, 5.41) is 13.1. The Morgan fingerprint density at radius 3 is 2.86 bits per heavy atom. The van der Waals surface area contributed by atoms with Gasteiger partial charge in [0.1, 0.15) is 0 Å². The summed E-state index contributed by atoms with van der Waals surface area (Å²) in [5.41, 5.74) is 3.41. The Labute approximate surface area is 125 Å². The van der Waals surface area contributed by atoms with E-state index in [4.69, 9.17) is 4.74 Å². The lowest BCUT2D eigenvalue weighted by molar-refractivity contribution is 0.372. The molecule has 1 atom stereocenters. The minimum atomic E-state index is 0.145. The van der Waals surface area contributed by atoms with Crippen LogP contribution in [0.2, 0.25) is 0 Å². The highest BCUT2D eigenvalue weighted by Gasteiger charge is 2.10. The Kier molecular flexibility index (Phi) is 5.17. The molecule has 1 aromatic carbocycles. The van der Waals surface area contributed by atoms with Crippen LogP contribution in [0.25, 0.3) is 0 Å². The van der Waals surface area contributed by atoms with Crippen molar-refractivity contribution in [2.75, 3.05) is 7.11 Å². The monoisotopic (exact) mass is 286 g/mol. The molecule has 0 saturated carbocycles. The zero-order chi connectivity index (χ0) is 15.2. The largest absolute Gasteiger partial charge is 0.504 e. The fourth-order valence-electron chi connectivity index (χ4n) is 2.28. The van der Waals surface area contributed by atoms with Crippen molar-refractivity contribution in [1.82, 2.24) is 10.3 Å². The summed E-state index contributed by atoms with van der Waals surface area (Å²) in [5.74, 6) is 0.652. The summed E-state index contributed by atoms with van der Waals surface area (Å²) in [6.07, 6.45) is 2.80. The van der Waals surface area contributed by atoms with Crippen LogP contribution in [0.3, 0.4) is 0 Å². The van der Waals surface area contributed by atoms with Crippen LogP contribution in [0.4, 0.5) is 0 Å². The molecule has 2 N–H and O–H groups in total. The van der Waals surface area contributed by atoms with Gasteiger partial charge in [0.05, 0.1) is 12.8 Å². The molecule has 0 amide bonds. The number of nitrogens with zero attached hydrogens (tertiary/aromatic N) is 1. The third-order valence-electron chi connectivity index (χ3n) is 3.64. The molecule has 0 fully saturated rings. The van der Waals surface area contributed by atoms with Crippen LogP contribution in [0.5, 0.6) is 11.5 Å². The number of rotatable bonds is 6. The first-order chi connectivity index (χ1) is 10.2. The van der Waals surface area contributed by atoms with E-state index in [1.165, 1.54) is 5.56 Å². The van der Waals surface area contributed by atoms with Crippen molar-refractivity contribution in [3.63, 3.8) is 0 Å². The average molecular weight is 286 g/mol. The molecule has 0 aliphatic rings. The van der Waals surface area contributed by atoms with E-state index in [2.05, 4.69) is 30.2 Å². The molecule has 2 rings (SSSR count). The summed E-state index contributed by atoms with van der Waals surface area (Å²) in [4.78, 5) is 4.44. The van der Waals surface area contributed by atoms with Crippen molar-refractivity contribution < 1.29 is 9.84 Å². The Morgan fingerprint density at radius 2 is 2.14 bits per heavy atom. The van der Waals surface area contributed by atoms with Gasteiger partial charge in [-0.05, 0) is 42.7 Å². The highest BCUT2D eigenvalue weighted by atomic mass is 16.5. The molecular formula is C17H22N2O2. The first-order valence-corrected chi connectivity index (χ1v) is 7.18. The number of aromatic hydroxyl groups is 1. The van der Waals surface area contributed by atoms with Gasteiger partial charge in [0, 0.05) is 18.8 Å². The summed E-state index contributed by atoms with van der Waals surface area (Å²) in [7, 11) is 1.55. The molecule has 1 heterocycles. The van der Waals surface area contributed by atoms with Crippen LogP contribution in [0.1, 0.15) is 36.7 Å². The highest BCUT2D eigenvalue weighted by Crippen LogP contribution is 2.28. The molecule has 1 unspecified atom stereocenters. The minimum Gasteiger partial charge on any atom is -0.504 e. The lowest BCUT2D eigenvalue weighted by Gasteiger charge is -2.16. The van der Waals surface area contributed by atoms with Crippen LogP contribution in [0, 0.1) is 0 Å². The number of hydrogen-bond acceptors (Lipinski definition) is 4. The molecule has 0 aliphatic heterocycles. The van der Waals surface area contributed by atoms with Crippen LogP contribution < -0.4 is 10.1 Å². The fraction of sp³-hybridized carbons (Fsp3) is 0.353. The number of pyridine rings is 1. The number of aromatic nitrogens is 1. The minimum absolute atomic E-state index is 0.145. The molecule has 1 aromatic heterocycles. The van der Waals surface area contributed by atoms with E-state index in [1.807, 2.05) is 24.4 Å².